The minimum atomic E-state index is -1.11. The van der Waals surface area contributed by atoms with Gasteiger partial charge >= 0.3 is 5.97 Å². The van der Waals surface area contributed by atoms with Crippen molar-refractivity contribution in [3.63, 3.8) is 0 Å². The van der Waals surface area contributed by atoms with E-state index in [2.05, 4.69) is 4.74 Å². The van der Waals surface area contributed by atoms with Crippen molar-refractivity contribution in [2.24, 2.45) is 0 Å². The van der Waals surface area contributed by atoms with E-state index in [0.717, 1.165) is 0 Å². The Hall–Kier alpha value is -2.11. The summed E-state index contributed by atoms with van der Waals surface area (Å²) in [7, 11) is 1.26. The smallest absolute Gasteiger partial charge is 0.339 e. The Kier molecular flexibility index (Phi) is 5.35. The highest BCUT2D eigenvalue weighted by Gasteiger charge is 2.15. The van der Waals surface area contributed by atoms with Gasteiger partial charge in [0.25, 0.3) is 0 Å². The molecule has 116 valence electrons. The molecule has 0 amide bonds. The van der Waals surface area contributed by atoms with Crippen LogP contribution in [0.4, 0.5) is 4.39 Å². The minimum absolute atomic E-state index is 0.144. The molecule has 0 saturated heterocycles. The number of carbonyl (C=O) groups excluding carboxylic acids is 1. The fraction of sp³-hybridized carbons (Fsp3) is 0.188. The number of benzene rings is 2. The van der Waals surface area contributed by atoms with Crippen molar-refractivity contribution in [3.05, 3.63) is 64.4 Å². The van der Waals surface area contributed by atoms with E-state index in [-0.39, 0.29) is 22.8 Å². The molecule has 1 atom stereocenters. The number of aliphatic hydroxyl groups is 1. The standard InChI is InChI=1S/C16H14ClFO4/c1-21-16(20)11-7-6-10(8-13(11)17)22-9-15(19)12-4-2-3-5-14(12)18/h2-8,15,19H,9H2,1H3. The molecule has 0 aliphatic carbocycles. The highest BCUT2D eigenvalue weighted by molar-refractivity contribution is 6.33. The van der Waals surface area contributed by atoms with Crippen molar-refractivity contribution >= 4 is 17.6 Å². The molecule has 0 aliphatic rings. The van der Waals surface area contributed by atoms with Gasteiger partial charge in [0.05, 0.1) is 17.7 Å². The third-order valence-corrected chi connectivity index (χ3v) is 3.33. The van der Waals surface area contributed by atoms with E-state index in [9.17, 15) is 14.3 Å². The molecule has 0 heterocycles. The predicted octanol–water partition coefficient (Wildman–Crippen LogP) is 3.38. The van der Waals surface area contributed by atoms with E-state index < -0.39 is 17.9 Å². The molecule has 0 spiro atoms. The summed E-state index contributed by atoms with van der Waals surface area (Å²) in [5, 5.41) is 10.1. The lowest BCUT2D eigenvalue weighted by molar-refractivity contribution is 0.0600. The topological polar surface area (TPSA) is 55.8 Å². The Balaban J connectivity index is 2.04. The monoisotopic (exact) mass is 324 g/mol. The molecule has 2 aromatic rings. The maximum absolute atomic E-state index is 13.5. The van der Waals surface area contributed by atoms with Gasteiger partial charge in [-0.1, -0.05) is 29.8 Å². The van der Waals surface area contributed by atoms with E-state index in [1.165, 1.54) is 43.5 Å². The minimum Gasteiger partial charge on any atom is -0.490 e. The molecule has 6 heteroatoms. The predicted molar refractivity (Wildman–Crippen MR) is 79.6 cm³/mol. The van der Waals surface area contributed by atoms with Crippen LogP contribution >= 0.6 is 11.6 Å². The largest absolute Gasteiger partial charge is 0.490 e. The van der Waals surface area contributed by atoms with Crippen molar-refractivity contribution in [1.82, 2.24) is 0 Å². The number of halogens is 2. The first kappa shape index (κ1) is 16.3. The number of methoxy groups -OCH3 is 1. The first-order valence-corrected chi connectivity index (χ1v) is 6.84. The summed E-state index contributed by atoms with van der Waals surface area (Å²) in [6, 6.07) is 10.3. The molecule has 2 aromatic carbocycles. The van der Waals surface area contributed by atoms with Crippen LogP contribution in [0, 0.1) is 5.82 Å². The second kappa shape index (κ2) is 7.24. The first-order chi connectivity index (χ1) is 10.5. The van der Waals surface area contributed by atoms with Crippen LogP contribution in [0.5, 0.6) is 5.75 Å². The third kappa shape index (κ3) is 3.75. The summed E-state index contributed by atoms with van der Waals surface area (Å²) < 4.78 is 23.5. The average Bonchev–Trinajstić information content (AvgIpc) is 2.52. The van der Waals surface area contributed by atoms with Crippen LogP contribution < -0.4 is 4.74 Å². The lowest BCUT2D eigenvalue weighted by Crippen LogP contribution is -2.11. The lowest BCUT2D eigenvalue weighted by atomic mass is 10.1. The number of rotatable bonds is 5. The highest BCUT2D eigenvalue weighted by atomic mass is 35.5. The molecular formula is C16H14ClFO4. The Morgan fingerprint density at radius 1 is 1.32 bits per heavy atom. The molecule has 0 bridgehead atoms. The van der Waals surface area contributed by atoms with Gasteiger partial charge in [-0.05, 0) is 24.3 Å². The number of hydrogen-bond acceptors (Lipinski definition) is 4. The first-order valence-electron chi connectivity index (χ1n) is 6.46. The van der Waals surface area contributed by atoms with Gasteiger partial charge in [0.1, 0.15) is 24.3 Å². The fourth-order valence-corrected chi connectivity index (χ4v) is 2.12. The molecule has 1 unspecified atom stereocenters. The van der Waals surface area contributed by atoms with Gasteiger partial charge in [0, 0.05) is 5.56 Å². The number of ether oxygens (including phenoxy) is 2. The van der Waals surface area contributed by atoms with Crippen LogP contribution in [-0.4, -0.2) is 24.8 Å². The average molecular weight is 325 g/mol. The zero-order valence-electron chi connectivity index (χ0n) is 11.8. The summed E-state index contributed by atoms with van der Waals surface area (Å²) in [5.74, 6) is -0.700. The summed E-state index contributed by atoms with van der Waals surface area (Å²) >= 11 is 5.96. The van der Waals surface area contributed by atoms with Gasteiger partial charge in [0.2, 0.25) is 0 Å². The molecule has 0 aromatic heterocycles. The number of hydrogen-bond donors (Lipinski definition) is 1. The molecule has 2 rings (SSSR count). The third-order valence-electron chi connectivity index (χ3n) is 3.02. The maximum Gasteiger partial charge on any atom is 0.339 e. The van der Waals surface area contributed by atoms with Gasteiger partial charge in [-0.2, -0.15) is 0 Å². The van der Waals surface area contributed by atoms with Gasteiger partial charge in [-0.3, -0.25) is 0 Å². The Labute approximate surface area is 132 Å². The van der Waals surface area contributed by atoms with Crippen LogP contribution in [-0.2, 0) is 4.74 Å². The normalized spacial score (nSPS) is 11.8. The van der Waals surface area contributed by atoms with Crippen molar-refractivity contribution in [3.8, 4) is 5.75 Å². The van der Waals surface area contributed by atoms with E-state index in [1.807, 2.05) is 0 Å². The van der Waals surface area contributed by atoms with Gasteiger partial charge in [-0.25, -0.2) is 9.18 Å². The second-order valence-electron chi connectivity index (χ2n) is 4.48. The van der Waals surface area contributed by atoms with Crippen LogP contribution in [0.15, 0.2) is 42.5 Å². The highest BCUT2D eigenvalue weighted by Crippen LogP contribution is 2.24. The zero-order chi connectivity index (χ0) is 16.1. The summed E-state index contributed by atoms with van der Waals surface area (Å²) in [5.41, 5.74) is 0.367. The quantitative estimate of drug-likeness (QED) is 0.857. The molecule has 0 fully saturated rings. The molecule has 0 saturated carbocycles. The summed E-state index contributed by atoms with van der Waals surface area (Å²) in [6.45, 7) is -0.144. The summed E-state index contributed by atoms with van der Waals surface area (Å²) in [4.78, 5) is 11.4. The van der Waals surface area contributed by atoms with Gasteiger partial charge in [-0.15, -0.1) is 0 Å². The van der Waals surface area contributed by atoms with Crippen molar-refractivity contribution < 1.29 is 23.8 Å². The van der Waals surface area contributed by atoms with Crippen LogP contribution in [0.2, 0.25) is 5.02 Å². The molecular weight excluding hydrogens is 311 g/mol. The van der Waals surface area contributed by atoms with Gasteiger partial charge < -0.3 is 14.6 Å². The van der Waals surface area contributed by atoms with E-state index in [0.29, 0.717) is 5.75 Å². The lowest BCUT2D eigenvalue weighted by Gasteiger charge is -2.14. The van der Waals surface area contributed by atoms with Crippen LogP contribution in [0.3, 0.4) is 0 Å². The SMILES string of the molecule is COC(=O)c1ccc(OCC(O)c2ccccc2F)cc1Cl. The van der Waals surface area contributed by atoms with Crippen molar-refractivity contribution in [2.45, 2.75) is 6.10 Å². The molecule has 0 aliphatic heterocycles. The second-order valence-corrected chi connectivity index (χ2v) is 4.89. The Bertz CT molecular complexity index is 675. The van der Waals surface area contributed by atoms with E-state index in [4.69, 9.17) is 16.3 Å². The maximum atomic E-state index is 13.5. The molecule has 22 heavy (non-hydrogen) atoms. The van der Waals surface area contributed by atoms with E-state index in [1.54, 1.807) is 6.07 Å². The van der Waals surface area contributed by atoms with E-state index >= 15 is 0 Å². The number of esters is 1. The summed E-state index contributed by atoms with van der Waals surface area (Å²) in [6.07, 6.45) is -1.11. The molecule has 0 radical (unpaired) electrons. The zero-order valence-corrected chi connectivity index (χ0v) is 12.5. The number of carbonyl (C=O) groups is 1. The van der Waals surface area contributed by atoms with Crippen molar-refractivity contribution in [2.75, 3.05) is 13.7 Å². The number of aliphatic hydroxyl groups excluding tert-OH is 1. The molecule has 1 N–H and O–H groups in total. The van der Waals surface area contributed by atoms with Crippen LogP contribution in [0.1, 0.15) is 22.0 Å². The van der Waals surface area contributed by atoms with Crippen LogP contribution in [0.25, 0.3) is 0 Å². The van der Waals surface area contributed by atoms with Crippen molar-refractivity contribution in [1.29, 1.82) is 0 Å². The Morgan fingerprint density at radius 3 is 2.68 bits per heavy atom. The fourth-order valence-electron chi connectivity index (χ4n) is 1.87. The Morgan fingerprint density at radius 2 is 2.05 bits per heavy atom. The van der Waals surface area contributed by atoms with Gasteiger partial charge in [0.15, 0.2) is 0 Å². The molecule has 4 nitrogen and oxygen atoms in total.